The third-order valence-electron chi connectivity index (χ3n) is 5.13. The predicted octanol–water partition coefficient (Wildman–Crippen LogP) is 2.78. The molecule has 3 rings (SSSR count). The zero-order valence-electron chi connectivity index (χ0n) is 12.9. The maximum Gasteiger partial charge on any atom is 0.226 e. The lowest BCUT2D eigenvalue weighted by atomic mass is 9.78. The standard InChI is InChI=1S/C18H26N2O/c1-14-13-19-11-12-20(14)18(21)17-9-7-16(8-10-17)15-5-3-2-4-6-15/h2-6,14,16-17,19H,7-13H2,1H3/t14-,16?,17?/m1/s1. The van der Waals surface area contributed by atoms with E-state index < -0.39 is 0 Å². The number of hydrogen-bond donors (Lipinski definition) is 1. The molecule has 2 aliphatic rings. The zero-order valence-corrected chi connectivity index (χ0v) is 12.9. The number of rotatable bonds is 2. The maximum absolute atomic E-state index is 12.7. The average Bonchev–Trinajstić information content (AvgIpc) is 2.56. The summed E-state index contributed by atoms with van der Waals surface area (Å²) < 4.78 is 0. The molecule has 0 spiro atoms. The molecular formula is C18H26N2O. The average molecular weight is 286 g/mol. The van der Waals surface area contributed by atoms with Gasteiger partial charge in [0.05, 0.1) is 0 Å². The normalized spacial score (nSPS) is 30.1. The summed E-state index contributed by atoms with van der Waals surface area (Å²) in [6.07, 6.45) is 4.41. The van der Waals surface area contributed by atoms with Gasteiger partial charge in [-0.15, -0.1) is 0 Å². The molecule has 2 fully saturated rings. The third kappa shape index (κ3) is 3.29. The van der Waals surface area contributed by atoms with E-state index in [0.29, 0.717) is 17.9 Å². The monoisotopic (exact) mass is 286 g/mol. The van der Waals surface area contributed by atoms with Gasteiger partial charge in [-0.1, -0.05) is 30.3 Å². The molecule has 3 heteroatoms. The van der Waals surface area contributed by atoms with Gasteiger partial charge in [0, 0.05) is 31.6 Å². The molecule has 114 valence electrons. The molecule has 0 unspecified atom stereocenters. The van der Waals surface area contributed by atoms with Gasteiger partial charge in [-0.2, -0.15) is 0 Å². The van der Waals surface area contributed by atoms with Crippen LogP contribution in [-0.4, -0.2) is 36.5 Å². The lowest BCUT2D eigenvalue weighted by molar-refractivity contribution is -0.139. The largest absolute Gasteiger partial charge is 0.337 e. The van der Waals surface area contributed by atoms with Gasteiger partial charge in [0.1, 0.15) is 0 Å². The number of piperazine rings is 1. The van der Waals surface area contributed by atoms with Crippen molar-refractivity contribution in [2.24, 2.45) is 5.92 Å². The van der Waals surface area contributed by atoms with E-state index in [-0.39, 0.29) is 5.92 Å². The van der Waals surface area contributed by atoms with E-state index in [1.54, 1.807) is 0 Å². The number of benzene rings is 1. The van der Waals surface area contributed by atoms with Crippen molar-refractivity contribution in [2.45, 2.75) is 44.6 Å². The smallest absolute Gasteiger partial charge is 0.226 e. The minimum absolute atomic E-state index is 0.255. The van der Waals surface area contributed by atoms with E-state index in [9.17, 15) is 4.79 Å². The fraction of sp³-hybridized carbons (Fsp3) is 0.611. The highest BCUT2D eigenvalue weighted by Crippen LogP contribution is 2.36. The van der Waals surface area contributed by atoms with Crippen LogP contribution in [0.3, 0.4) is 0 Å². The number of carbonyl (C=O) groups is 1. The molecule has 1 saturated carbocycles. The first kappa shape index (κ1) is 14.6. The maximum atomic E-state index is 12.7. The molecule has 1 aromatic carbocycles. The molecule has 1 aliphatic heterocycles. The van der Waals surface area contributed by atoms with Crippen LogP contribution in [0, 0.1) is 5.92 Å². The summed E-state index contributed by atoms with van der Waals surface area (Å²) in [5.41, 5.74) is 1.44. The van der Waals surface area contributed by atoms with Crippen LogP contribution in [0.1, 0.15) is 44.1 Å². The van der Waals surface area contributed by atoms with Crippen molar-refractivity contribution in [3.8, 4) is 0 Å². The first-order chi connectivity index (χ1) is 10.3. The summed E-state index contributed by atoms with van der Waals surface area (Å²) in [5.74, 6) is 1.30. The number of amides is 1. The van der Waals surface area contributed by atoms with Crippen LogP contribution in [0.4, 0.5) is 0 Å². The Bertz CT molecular complexity index is 465. The van der Waals surface area contributed by atoms with Gasteiger partial charge in [-0.25, -0.2) is 0 Å². The molecule has 1 heterocycles. The van der Waals surface area contributed by atoms with E-state index in [1.807, 2.05) is 0 Å². The van der Waals surface area contributed by atoms with E-state index in [1.165, 1.54) is 5.56 Å². The van der Waals surface area contributed by atoms with Crippen molar-refractivity contribution in [2.75, 3.05) is 19.6 Å². The van der Waals surface area contributed by atoms with Crippen molar-refractivity contribution in [1.82, 2.24) is 10.2 Å². The quantitative estimate of drug-likeness (QED) is 0.906. The van der Waals surface area contributed by atoms with Gasteiger partial charge in [0.15, 0.2) is 0 Å². The molecule has 0 bridgehead atoms. The number of nitrogens with one attached hydrogen (secondary N) is 1. The first-order valence-corrected chi connectivity index (χ1v) is 8.32. The SMILES string of the molecule is C[C@@H]1CNCCN1C(=O)C1CCC(c2ccccc2)CC1. The topological polar surface area (TPSA) is 32.3 Å². The van der Waals surface area contributed by atoms with Gasteiger partial charge < -0.3 is 10.2 Å². The second-order valence-electron chi connectivity index (χ2n) is 6.54. The van der Waals surface area contributed by atoms with Crippen molar-refractivity contribution >= 4 is 5.91 Å². The molecular weight excluding hydrogens is 260 g/mol. The van der Waals surface area contributed by atoms with Crippen LogP contribution >= 0.6 is 0 Å². The number of carbonyl (C=O) groups excluding carboxylic acids is 1. The first-order valence-electron chi connectivity index (χ1n) is 8.32. The van der Waals surface area contributed by atoms with Gasteiger partial charge in [-0.05, 0) is 44.1 Å². The summed E-state index contributed by atoms with van der Waals surface area (Å²) in [5, 5.41) is 3.36. The fourth-order valence-corrected chi connectivity index (χ4v) is 3.80. The van der Waals surface area contributed by atoms with Crippen LogP contribution in [0.2, 0.25) is 0 Å². The van der Waals surface area contributed by atoms with Gasteiger partial charge in [-0.3, -0.25) is 4.79 Å². The van der Waals surface area contributed by atoms with Crippen molar-refractivity contribution < 1.29 is 4.79 Å². The zero-order chi connectivity index (χ0) is 14.7. The van der Waals surface area contributed by atoms with E-state index in [0.717, 1.165) is 45.3 Å². The van der Waals surface area contributed by atoms with Crippen molar-refractivity contribution in [1.29, 1.82) is 0 Å². The summed E-state index contributed by atoms with van der Waals surface area (Å²) in [7, 11) is 0. The Morgan fingerprint density at radius 2 is 1.86 bits per heavy atom. The van der Waals surface area contributed by atoms with Gasteiger partial charge in [0.25, 0.3) is 0 Å². The van der Waals surface area contributed by atoms with Crippen LogP contribution in [0.5, 0.6) is 0 Å². The van der Waals surface area contributed by atoms with Crippen LogP contribution in [0.25, 0.3) is 0 Å². The lowest BCUT2D eigenvalue weighted by Gasteiger charge is -2.38. The Kier molecular flexibility index (Phi) is 4.59. The van der Waals surface area contributed by atoms with E-state index in [4.69, 9.17) is 0 Å². The van der Waals surface area contributed by atoms with Crippen LogP contribution < -0.4 is 5.32 Å². The fourth-order valence-electron chi connectivity index (χ4n) is 3.80. The molecule has 1 atom stereocenters. The Morgan fingerprint density at radius 1 is 1.14 bits per heavy atom. The summed E-state index contributed by atoms with van der Waals surface area (Å²) in [4.78, 5) is 14.8. The third-order valence-corrected chi connectivity index (χ3v) is 5.13. The van der Waals surface area contributed by atoms with E-state index in [2.05, 4.69) is 47.5 Å². The second-order valence-corrected chi connectivity index (χ2v) is 6.54. The predicted molar refractivity (Wildman–Crippen MR) is 85.2 cm³/mol. The summed E-state index contributed by atoms with van der Waals surface area (Å²) in [6.45, 7) is 4.90. The summed E-state index contributed by atoms with van der Waals surface area (Å²) >= 11 is 0. The van der Waals surface area contributed by atoms with Crippen LogP contribution in [-0.2, 0) is 4.79 Å². The Hall–Kier alpha value is -1.35. The minimum atomic E-state index is 0.255. The second kappa shape index (κ2) is 6.61. The highest BCUT2D eigenvalue weighted by molar-refractivity contribution is 5.79. The molecule has 1 amide bonds. The molecule has 1 aliphatic carbocycles. The van der Waals surface area contributed by atoms with Crippen molar-refractivity contribution in [3.05, 3.63) is 35.9 Å². The molecule has 1 aromatic rings. The molecule has 0 aromatic heterocycles. The summed E-state index contributed by atoms with van der Waals surface area (Å²) in [6, 6.07) is 11.1. The minimum Gasteiger partial charge on any atom is -0.337 e. The Labute approximate surface area is 127 Å². The van der Waals surface area contributed by atoms with Gasteiger partial charge in [0.2, 0.25) is 5.91 Å². The Morgan fingerprint density at radius 3 is 2.52 bits per heavy atom. The molecule has 3 nitrogen and oxygen atoms in total. The molecule has 1 N–H and O–H groups in total. The molecule has 0 radical (unpaired) electrons. The highest BCUT2D eigenvalue weighted by Gasteiger charge is 2.32. The number of nitrogens with zero attached hydrogens (tertiary/aromatic N) is 1. The lowest BCUT2D eigenvalue weighted by Crippen LogP contribution is -2.54. The van der Waals surface area contributed by atoms with Crippen LogP contribution in [0.15, 0.2) is 30.3 Å². The molecule has 1 saturated heterocycles. The Balaban J connectivity index is 1.57. The van der Waals surface area contributed by atoms with E-state index >= 15 is 0 Å². The van der Waals surface area contributed by atoms with Crippen molar-refractivity contribution in [3.63, 3.8) is 0 Å². The van der Waals surface area contributed by atoms with Gasteiger partial charge >= 0.3 is 0 Å². The number of hydrogen-bond acceptors (Lipinski definition) is 2. The molecule has 21 heavy (non-hydrogen) atoms. The highest BCUT2D eigenvalue weighted by atomic mass is 16.2.